The van der Waals surface area contributed by atoms with Gasteiger partial charge >= 0.3 is 0 Å². The summed E-state index contributed by atoms with van der Waals surface area (Å²) in [7, 11) is 1.54. The van der Waals surface area contributed by atoms with Gasteiger partial charge in [0.25, 0.3) is 0 Å². The van der Waals surface area contributed by atoms with E-state index in [0.717, 1.165) is 0 Å². The van der Waals surface area contributed by atoms with Crippen molar-refractivity contribution < 1.29 is 28.8 Å². The molecule has 0 amide bonds. The Morgan fingerprint density at radius 2 is 2.05 bits per heavy atom. The van der Waals surface area contributed by atoms with Crippen LogP contribution < -0.4 is 0 Å². The van der Waals surface area contributed by atoms with Crippen LogP contribution in [0.3, 0.4) is 0 Å². The second-order valence-electron chi connectivity index (χ2n) is 5.16. The van der Waals surface area contributed by atoms with E-state index in [0.29, 0.717) is 6.61 Å². The first kappa shape index (κ1) is 14.9. The van der Waals surface area contributed by atoms with Crippen LogP contribution in [-0.4, -0.2) is 61.9 Å². The molecule has 0 aliphatic carbocycles. The lowest BCUT2D eigenvalue weighted by atomic mass is 10.1. The molecule has 110 valence electrons. The topological polar surface area (TPSA) is 66.4 Å². The third kappa shape index (κ3) is 3.16. The third-order valence-electron chi connectivity index (χ3n) is 3.18. The highest BCUT2D eigenvalue weighted by atomic mass is 16.8. The second-order valence-corrected chi connectivity index (χ2v) is 5.16. The van der Waals surface area contributed by atoms with E-state index < -0.39 is 24.3 Å². The van der Waals surface area contributed by atoms with Gasteiger partial charge in [0.05, 0.1) is 13.2 Å². The van der Waals surface area contributed by atoms with Gasteiger partial charge in [-0.25, -0.2) is 0 Å². The van der Waals surface area contributed by atoms with Gasteiger partial charge in [0.15, 0.2) is 12.1 Å². The molecule has 2 aliphatic rings. The zero-order chi connectivity index (χ0) is 14.0. The first-order valence-corrected chi connectivity index (χ1v) is 6.39. The van der Waals surface area contributed by atoms with Crippen LogP contribution in [0.25, 0.3) is 0 Å². The lowest BCUT2D eigenvalue weighted by Gasteiger charge is -2.25. The van der Waals surface area contributed by atoms with Gasteiger partial charge in [0.2, 0.25) is 0 Å². The van der Waals surface area contributed by atoms with Crippen molar-refractivity contribution in [3.8, 4) is 0 Å². The minimum absolute atomic E-state index is 0.153. The zero-order valence-electron chi connectivity index (χ0n) is 11.6. The molecule has 0 aromatic carbocycles. The second kappa shape index (κ2) is 5.87. The highest BCUT2D eigenvalue weighted by molar-refractivity contribution is 4.97. The maximum atomic E-state index is 10.1. The third-order valence-corrected chi connectivity index (χ3v) is 3.18. The summed E-state index contributed by atoms with van der Waals surface area (Å²) in [6, 6.07) is 0. The molecule has 2 heterocycles. The lowest BCUT2D eigenvalue weighted by Crippen LogP contribution is -2.41. The quantitative estimate of drug-likeness (QED) is 0.560. The van der Waals surface area contributed by atoms with Gasteiger partial charge in [-0.05, 0) is 13.8 Å². The standard InChI is InChI=1S/C13H22O6/c1-5-6-16-7-8(14)9-10-11(12(15-4)17-9)19-13(2,3)18-10/h5,8-12,14H,1,6-7H2,2-4H3/t8-,9+,10+,11+,12+/m0/s1. The molecule has 1 N–H and O–H groups in total. The van der Waals surface area contributed by atoms with Crippen molar-refractivity contribution in [2.24, 2.45) is 0 Å². The molecule has 0 aromatic rings. The summed E-state index contributed by atoms with van der Waals surface area (Å²) in [4.78, 5) is 0. The average molecular weight is 274 g/mol. The smallest absolute Gasteiger partial charge is 0.186 e. The van der Waals surface area contributed by atoms with Crippen LogP contribution in [0.4, 0.5) is 0 Å². The van der Waals surface area contributed by atoms with E-state index in [1.165, 1.54) is 0 Å². The van der Waals surface area contributed by atoms with E-state index in [1.54, 1.807) is 13.2 Å². The molecule has 0 unspecified atom stereocenters. The fourth-order valence-electron chi connectivity index (χ4n) is 2.46. The molecule has 2 fully saturated rings. The van der Waals surface area contributed by atoms with Crippen molar-refractivity contribution in [1.82, 2.24) is 0 Å². The molecule has 2 saturated heterocycles. The van der Waals surface area contributed by atoms with Crippen LogP contribution in [0.2, 0.25) is 0 Å². The van der Waals surface area contributed by atoms with E-state index in [1.807, 2.05) is 13.8 Å². The highest BCUT2D eigenvalue weighted by Crippen LogP contribution is 2.39. The fraction of sp³-hybridized carbons (Fsp3) is 0.846. The molecular formula is C13H22O6. The first-order chi connectivity index (χ1) is 8.98. The Morgan fingerprint density at radius 1 is 1.37 bits per heavy atom. The van der Waals surface area contributed by atoms with Gasteiger partial charge in [-0.15, -0.1) is 6.58 Å². The van der Waals surface area contributed by atoms with Crippen molar-refractivity contribution in [2.45, 2.75) is 50.3 Å². The Morgan fingerprint density at radius 3 is 2.68 bits per heavy atom. The van der Waals surface area contributed by atoms with E-state index in [-0.39, 0.29) is 18.8 Å². The maximum absolute atomic E-state index is 10.1. The predicted molar refractivity (Wildman–Crippen MR) is 66.5 cm³/mol. The SMILES string of the molecule is C=CCOC[C@H](O)[C@H]1O[C@@H](OC)[C@@H]2OC(C)(C)O[C@@H]21. The van der Waals surface area contributed by atoms with Gasteiger partial charge < -0.3 is 28.8 Å². The average Bonchev–Trinajstić information content (AvgIpc) is 2.82. The van der Waals surface area contributed by atoms with Crippen molar-refractivity contribution in [3.63, 3.8) is 0 Å². The van der Waals surface area contributed by atoms with Crippen molar-refractivity contribution >= 4 is 0 Å². The molecule has 0 bridgehead atoms. The lowest BCUT2D eigenvalue weighted by molar-refractivity contribution is -0.239. The largest absolute Gasteiger partial charge is 0.388 e. The van der Waals surface area contributed by atoms with Gasteiger partial charge in [-0.1, -0.05) is 6.08 Å². The van der Waals surface area contributed by atoms with E-state index in [9.17, 15) is 5.11 Å². The first-order valence-electron chi connectivity index (χ1n) is 6.39. The zero-order valence-corrected chi connectivity index (χ0v) is 11.6. The number of rotatable bonds is 6. The Balaban J connectivity index is 1.99. The normalized spacial score (nSPS) is 38.1. The van der Waals surface area contributed by atoms with Crippen LogP contribution in [-0.2, 0) is 23.7 Å². The Labute approximate surface area is 113 Å². The molecule has 19 heavy (non-hydrogen) atoms. The van der Waals surface area contributed by atoms with Gasteiger partial charge in [-0.3, -0.25) is 0 Å². The summed E-state index contributed by atoms with van der Waals surface area (Å²) in [5.41, 5.74) is 0. The molecule has 0 saturated carbocycles. The highest BCUT2D eigenvalue weighted by Gasteiger charge is 2.57. The summed E-state index contributed by atoms with van der Waals surface area (Å²) in [5.74, 6) is -0.699. The van der Waals surface area contributed by atoms with E-state index in [4.69, 9.17) is 23.7 Å². The molecule has 2 rings (SSSR count). The number of ether oxygens (including phenoxy) is 5. The van der Waals surface area contributed by atoms with Gasteiger partial charge in [0, 0.05) is 7.11 Å². The monoisotopic (exact) mass is 274 g/mol. The Bertz CT molecular complexity index is 318. The molecule has 0 spiro atoms. The van der Waals surface area contributed by atoms with E-state index in [2.05, 4.69) is 6.58 Å². The van der Waals surface area contributed by atoms with E-state index >= 15 is 0 Å². The molecular weight excluding hydrogens is 252 g/mol. The molecule has 6 heteroatoms. The summed E-state index contributed by atoms with van der Waals surface area (Å²) in [6.45, 7) is 7.74. The number of hydrogen-bond donors (Lipinski definition) is 1. The number of fused-ring (bicyclic) bond motifs is 1. The van der Waals surface area contributed by atoms with Gasteiger partial charge in [-0.2, -0.15) is 0 Å². The molecule has 6 nitrogen and oxygen atoms in total. The summed E-state index contributed by atoms with van der Waals surface area (Å²) >= 11 is 0. The van der Waals surface area contributed by atoms with Crippen LogP contribution in [0.1, 0.15) is 13.8 Å². The fourth-order valence-corrected chi connectivity index (χ4v) is 2.46. The van der Waals surface area contributed by atoms with Crippen LogP contribution >= 0.6 is 0 Å². The number of hydrogen-bond acceptors (Lipinski definition) is 6. The maximum Gasteiger partial charge on any atom is 0.186 e. The number of aliphatic hydroxyl groups excluding tert-OH is 1. The minimum atomic E-state index is -0.801. The van der Waals surface area contributed by atoms with Gasteiger partial charge in [0.1, 0.15) is 24.4 Å². The number of methoxy groups -OCH3 is 1. The summed E-state index contributed by atoms with van der Waals surface area (Å²) in [6.07, 6.45) is -0.930. The minimum Gasteiger partial charge on any atom is -0.388 e. The summed E-state index contributed by atoms with van der Waals surface area (Å²) in [5, 5.41) is 10.1. The molecule has 5 atom stereocenters. The predicted octanol–water partition coefficient (Wildman–Crippen LogP) is 0.441. The van der Waals surface area contributed by atoms with Crippen molar-refractivity contribution in [1.29, 1.82) is 0 Å². The van der Waals surface area contributed by atoms with Crippen molar-refractivity contribution in [3.05, 3.63) is 12.7 Å². The molecule has 2 aliphatic heterocycles. The van der Waals surface area contributed by atoms with Crippen LogP contribution in [0.5, 0.6) is 0 Å². The van der Waals surface area contributed by atoms with Crippen LogP contribution in [0.15, 0.2) is 12.7 Å². The van der Waals surface area contributed by atoms with Crippen molar-refractivity contribution in [2.75, 3.05) is 20.3 Å². The summed E-state index contributed by atoms with van der Waals surface area (Å²) < 4.78 is 27.6. The molecule has 0 radical (unpaired) electrons. The molecule has 0 aromatic heterocycles. The Hall–Kier alpha value is -0.500. The Kier molecular flexibility index (Phi) is 4.60. The van der Waals surface area contributed by atoms with Crippen LogP contribution in [0, 0.1) is 0 Å². The number of aliphatic hydroxyl groups is 1.